The predicted octanol–water partition coefficient (Wildman–Crippen LogP) is 3.21. The fourth-order valence-corrected chi connectivity index (χ4v) is 2.78. The van der Waals surface area contributed by atoms with E-state index in [0.29, 0.717) is 6.04 Å². The first-order valence-corrected chi connectivity index (χ1v) is 7.65. The van der Waals surface area contributed by atoms with Gasteiger partial charge in [-0.2, -0.15) is 0 Å². The van der Waals surface area contributed by atoms with Gasteiger partial charge in [-0.1, -0.05) is 38.1 Å². The Labute approximate surface area is 118 Å². The van der Waals surface area contributed by atoms with Crippen molar-refractivity contribution in [1.29, 1.82) is 0 Å². The topological polar surface area (TPSA) is 15.3 Å². The molecule has 2 rings (SSSR count). The Morgan fingerprint density at radius 2 is 1.89 bits per heavy atom. The van der Waals surface area contributed by atoms with Crippen molar-refractivity contribution in [3.05, 3.63) is 35.4 Å². The normalized spacial score (nSPS) is 18.1. The number of likely N-dealkylation sites (tertiary alicyclic amines) is 1. The summed E-state index contributed by atoms with van der Waals surface area (Å²) in [5.41, 5.74) is 2.91. The fraction of sp³-hybridized carbons (Fsp3) is 0.647. The molecule has 2 heteroatoms. The molecule has 19 heavy (non-hydrogen) atoms. The molecular formula is C17H28N2. The SMILES string of the molecule is Cc1ccccc1CN1CCC(CNC(C)C)CC1. The average Bonchev–Trinajstić information content (AvgIpc) is 2.40. The number of rotatable bonds is 5. The summed E-state index contributed by atoms with van der Waals surface area (Å²) in [5, 5.41) is 3.57. The summed E-state index contributed by atoms with van der Waals surface area (Å²) in [5.74, 6) is 0.871. The van der Waals surface area contributed by atoms with Crippen LogP contribution in [0.4, 0.5) is 0 Å². The first-order valence-electron chi connectivity index (χ1n) is 7.65. The van der Waals surface area contributed by atoms with E-state index in [4.69, 9.17) is 0 Å². The molecule has 1 aliphatic heterocycles. The van der Waals surface area contributed by atoms with E-state index in [9.17, 15) is 0 Å². The number of benzene rings is 1. The third-order valence-corrected chi connectivity index (χ3v) is 4.18. The van der Waals surface area contributed by atoms with Crippen molar-refractivity contribution in [3.63, 3.8) is 0 Å². The van der Waals surface area contributed by atoms with Gasteiger partial charge in [0, 0.05) is 12.6 Å². The molecule has 0 aromatic heterocycles. The molecule has 0 saturated carbocycles. The zero-order chi connectivity index (χ0) is 13.7. The Bertz CT molecular complexity index is 379. The second-order valence-electron chi connectivity index (χ2n) is 6.21. The highest BCUT2D eigenvalue weighted by Crippen LogP contribution is 2.19. The molecule has 1 aromatic rings. The smallest absolute Gasteiger partial charge is 0.0236 e. The average molecular weight is 260 g/mol. The molecule has 0 unspecified atom stereocenters. The molecule has 106 valence electrons. The molecular weight excluding hydrogens is 232 g/mol. The summed E-state index contributed by atoms with van der Waals surface area (Å²) >= 11 is 0. The molecule has 1 aromatic carbocycles. The number of nitrogens with zero attached hydrogens (tertiary/aromatic N) is 1. The van der Waals surface area contributed by atoms with E-state index in [1.54, 1.807) is 0 Å². The first-order chi connectivity index (χ1) is 9.15. The lowest BCUT2D eigenvalue weighted by atomic mass is 9.96. The van der Waals surface area contributed by atoms with Gasteiger partial charge in [0.2, 0.25) is 0 Å². The van der Waals surface area contributed by atoms with Gasteiger partial charge in [-0.25, -0.2) is 0 Å². The molecule has 1 saturated heterocycles. The van der Waals surface area contributed by atoms with Gasteiger partial charge in [0.1, 0.15) is 0 Å². The Balaban J connectivity index is 1.76. The summed E-state index contributed by atoms with van der Waals surface area (Å²) in [7, 11) is 0. The second kappa shape index (κ2) is 7.06. The Morgan fingerprint density at radius 1 is 1.21 bits per heavy atom. The zero-order valence-corrected chi connectivity index (χ0v) is 12.7. The molecule has 1 aliphatic rings. The van der Waals surface area contributed by atoms with Crippen LogP contribution in [0.15, 0.2) is 24.3 Å². The molecule has 0 radical (unpaired) electrons. The maximum absolute atomic E-state index is 3.57. The second-order valence-corrected chi connectivity index (χ2v) is 6.21. The van der Waals surface area contributed by atoms with Crippen LogP contribution >= 0.6 is 0 Å². The van der Waals surface area contributed by atoms with E-state index >= 15 is 0 Å². The number of nitrogens with one attached hydrogen (secondary N) is 1. The third kappa shape index (κ3) is 4.63. The van der Waals surface area contributed by atoms with Crippen molar-refractivity contribution in [1.82, 2.24) is 10.2 Å². The molecule has 2 nitrogen and oxygen atoms in total. The van der Waals surface area contributed by atoms with Crippen LogP contribution in [0.3, 0.4) is 0 Å². The molecule has 1 fully saturated rings. The highest BCUT2D eigenvalue weighted by atomic mass is 15.1. The van der Waals surface area contributed by atoms with Crippen LogP contribution < -0.4 is 5.32 Å². The van der Waals surface area contributed by atoms with E-state index in [1.165, 1.54) is 43.6 Å². The molecule has 0 aliphatic carbocycles. The van der Waals surface area contributed by atoms with Gasteiger partial charge in [-0.15, -0.1) is 0 Å². The van der Waals surface area contributed by atoms with Crippen LogP contribution in [0.1, 0.15) is 37.8 Å². The Hall–Kier alpha value is -0.860. The highest BCUT2D eigenvalue weighted by Gasteiger charge is 2.19. The van der Waals surface area contributed by atoms with Gasteiger partial charge < -0.3 is 5.32 Å². The van der Waals surface area contributed by atoms with Gasteiger partial charge in [0.05, 0.1) is 0 Å². The largest absolute Gasteiger partial charge is 0.314 e. The number of hydrogen-bond donors (Lipinski definition) is 1. The summed E-state index contributed by atoms with van der Waals surface area (Å²) < 4.78 is 0. The quantitative estimate of drug-likeness (QED) is 0.874. The zero-order valence-electron chi connectivity index (χ0n) is 12.7. The minimum atomic E-state index is 0.616. The molecule has 0 bridgehead atoms. The standard InChI is InChI=1S/C17H28N2/c1-14(2)18-12-16-8-10-19(11-9-16)13-17-7-5-4-6-15(17)3/h4-7,14,16,18H,8-13H2,1-3H3. The Kier molecular flexibility index (Phi) is 5.41. The number of piperidine rings is 1. The minimum Gasteiger partial charge on any atom is -0.314 e. The van der Waals surface area contributed by atoms with E-state index in [1.807, 2.05) is 0 Å². The maximum atomic E-state index is 3.57. The summed E-state index contributed by atoms with van der Waals surface area (Å²) in [6, 6.07) is 9.38. The van der Waals surface area contributed by atoms with Crippen molar-refractivity contribution >= 4 is 0 Å². The van der Waals surface area contributed by atoms with Crippen molar-refractivity contribution in [2.75, 3.05) is 19.6 Å². The van der Waals surface area contributed by atoms with Crippen molar-refractivity contribution in [3.8, 4) is 0 Å². The number of hydrogen-bond acceptors (Lipinski definition) is 2. The molecule has 0 amide bonds. The van der Waals surface area contributed by atoms with Crippen LogP contribution in [-0.4, -0.2) is 30.6 Å². The Morgan fingerprint density at radius 3 is 2.53 bits per heavy atom. The van der Waals surface area contributed by atoms with Gasteiger partial charge in [-0.05, 0) is 56.4 Å². The molecule has 0 atom stereocenters. The molecule has 1 N–H and O–H groups in total. The van der Waals surface area contributed by atoms with Crippen LogP contribution in [-0.2, 0) is 6.54 Å². The lowest BCUT2D eigenvalue weighted by Gasteiger charge is -2.32. The van der Waals surface area contributed by atoms with E-state index in [-0.39, 0.29) is 0 Å². The van der Waals surface area contributed by atoms with Crippen molar-refractivity contribution in [2.24, 2.45) is 5.92 Å². The minimum absolute atomic E-state index is 0.616. The van der Waals surface area contributed by atoms with E-state index in [0.717, 1.165) is 12.5 Å². The summed E-state index contributed by atoms with van der Waals surface area (Å²) in [6.45, 7) is 11.5. The lowest BCUT2D eigenvalue weighted by molar-refractivity contribution is 0.174. The molecule has 0 spiro atoms. The molecule has 1 heterocycles. The highest BCUT2D eigenvalue weighted by molar-refractivity contribution is 5.25. The first kappa shape index (κ1) is 14.5. The van der Waals surface area contributed by atoms with Gasteiger partial charge >= 0.3 is 0 Å². The van der Waals surface area contributed by atoms with Crippen molar-refractivity contribution < 1.29 is 0 Å². The maximum Gasteiger partial charge on any atom is 0.0236 e. The van der Waals surface area contributed by atoms with Gasteiger partial charge in [-0.3, -0.25) is 4.90 Å². The van der Waals surface area contributed by atoms with E-state index in [2.05, 4.69) is 55.3 Å². The van der Waals surface area contributed by atoms with Crippen LogP contribution in [0.5, 0.6) is 0 Å². The van der Waals surface area contributed by atoms with E-state index < -0.39 is 0 Å². The van der Waals surface area contributed by atoms with Crippen LogP contribution in [0, 0.1) is 12.8 Å². The number of aryl methyl sites for hydroxylation is 1. The fourth-order valence-electron chi connectivity index (χ4n) is 2.78. The summed E-state index contributed by atoms with van der Waals surface area (Å²) in [6.07, 6.45) is 2.68. The van der Waals surface area contributed by atoms with Crippen molar-refractivity contribution in [2.45, 2.75) is 46.2 Å². The third-order valence-electron chi connectivity index (χ3n) is 4.18. The summed E-state index contributed by atoms with van der Waals surface area (Å²) in [4.78, 5) is 2.61. The predicted molar refractivity (Wildman–Crippen MR) is 82.3 cm³/mol. The van der Waals surface area contributed by atoms with Crippen LogP contribution in [0.25, 0.3) is 0 Å². The lowest BCUT2D eigenvalue weighted by Crippen LogP contribution is -2.38. The monoisotopic (exact) mass is 260 g/mol. The van der Waals surface area contributed by atoms with Gasteiger partial charge in [0.15, 0.2) is 0 Å². The van der Waals surface area contributed by atoms with Crippen LogP contribution in [0.2, 0.25) is 0 Å². The van der Waals surface area contributed by atoms with Gasteiger partial charge in [0.25, 0.3) is 0 Å².